The molecule has 0 saturated carbocycles. The molecule has 0 amide bonds. The van der Waals surface area contributed by atoms with Gasteiger partial charge in [0.15, 0.2) is 0 Å². The number of hydrogen-bond acceptors (Lipinski definition) is 4. The fourth-order valence-electron chi connectivity index (χ4n) is 2.31. The van der Waals surface area contributed by atoms with Gasteiger partial charge in [-0.1, -0.05) is 30.9 Å². The zero-order chi connectivity index (χ0) is 15.5. The van der Waals surface area contributed by atoms with E-state index in [1.807, 2.05) is 18.7 Å². The van der Waals surface area contributed by atoms with Gasteiger partial charge in [0, 0.05) is 29.2 Å². The number of sulfonamides is 1. The lowest BCUT2D eigenvalue weighted by atomic mass is 10.2. The van der Waals surface area contributed by atoms with E-state index in [0.29, 0.717) is 12.1 Å². The van der Waals surface area contributed by atoms with E-state index in [2.05, 4.69) is 18.8 Å². The van der Waals surface area contributed by atoms with Gasteiger partial charge in [0.05, 0.1) is 11.4 Å². The largest absolute Gasteiger partial charge is 0.320 e. The van der Waals surface area contributed by atoms with Crippen molar-refractivity contribution in [3.05, 3.63) is 29.8 Å². The van der Waals surface area contributed by atoms with Gasteiger partial charge in [-0.3, -0.25) is 0 Å². The molecule has 0 radical (unpaired) electrons. The lowest BCUT2D eigenvalue weighted by Gasteiger charge is -2.36. The Balaban J connectivity index is 2.44. The lowest BCUT2D eigenvalue weighted by Crippen LogP contribution is -2.47. The summed E-state index contributed by atoms with van der Waals surface area (Å²) >= 11 is 1.81. The van der Waals surface area contributed by atoms with Crippen LogP contribution < -0.4 is 5.73 Å². The average Bonchev–Trinajstić information content (AvgIpc) is 2.48. The summed E-state index contributed by atoms with van der Waals surface area (Å²) in [5, 5.41) is 0.288. The van der Waals surface area contributed by atoms with Crippen LogP contribution in [0.1, 0.15) is 19.4 Å². The van der Waals surface area contributed by atoms with Crippen molar-refractivity contribution in [2.75, 3.05) is 18.8 Å². The Kier molecular flexibility index (Phi) is 5.33. The van der Waals surface area contributed by atoms with Gasteiger partial charge >= 0.3 is 0 Å². The van der Waals surface area contributed by atoms with E-state index in [1.165, 1.54) is 0 Å². The highest BCUT2D eigenvalue weighted by Crippen LogP contribution is 2.30. The molecule has 0 spiro atoms. The molecule has 0 aromatic heterocycles. The minimum absolute atomic E-state index is 0.0238. The third-order valence-electron chi connectivity index (χ3n) is 3.62. The molecule has 4 nitrogen and oxygen atoms in total. The maximum absolute atomic E-state index is 12.9. The standard InChI is InChI=1S/C15H20N2O2S2/c1-12-13(2)20-11-10-17(12)21(18,19)15-8-4-3-6-14(15)7-5-9-16/h3-4,6,8,12-13H,9-11,16H2,1-2H3. The first kappa shape index (κ1) is 16.4. The maximum Gasteiger partial charge on any atom is 0.244 e. The molecule has 6 heteroatoms. The van der Waals surface area contributed by atoms with Crippen molar-refractivity contribution >= 4 is 21.8 Å². The van der Waals surface area contributed by atoms with Crippen LogP contribution in [0.15, 0.2) is 29.2 Å². The molecule has 1 aromatic carbocycles. The first-order valence-electron chi connectivity index (χ1n) is 6.90. The van der Waals surface area contributed by atoms with E-state index < -0.39 is 10.0 Å². The van der Waals surface area contributed by atoms with E-state index in [9.17, 15) is 8.42 Å². The molecule has 1 aliphatic heterocycles. The Labute approximate surface area is 131 Å². The van der Waals surface area contributed by atoms with Crippen LogP contribution in [0.25, 0.3) is 0 Å². The molecule has 2 unspecified atom stereocenters. The minimum atomic E-state index is -3.53. The molecule has 21 heavy (non-hydrogen) atoms. The predicted molar refractivity (Wildman–Crippen MR) is 87.6 cm³/mol. The highest BCUT2D eigenvalue weighted by atomic mass is 32.2. The number of nitrogens with two attached hydrogens (primary N) is 1. The van der Waals surface area contributed by atoms with Crippen LogP contribution >= 0.6 is 11.8 Å². The highest BCUT2D eigenvalue weighted by molar-refractivity contribution is 8.00. The third kappa shape index (κ3) is 3.43. The number of benzene rings is 1. The smallest absolute Gasteiger partial charge is 0.244 e. The van der Waals surface area contributed by atoms with E-state index in [1.54, 1.807) is 28.6 Å². The van der Waals surface area contributed by atoms with Crippen molar-refractivity contribution in [2.24, 2.45) is 5.73 Å². The van der Waals surface area contributed by atoms with Crippen molar-refractivity contribution in [3.8, 4) is 11.8 Å². The molecule has 0 aliphatic carbocycles. The summed E-state index contributed by atoms with van der Waals surface area (Å²) in [6.45, 7) is 4.78. The molecule has 1 heterocycles. The lowest BCUT2D eigenvalue weighted by molar-refractivity contribution is 0.340. The Bertz CT molecular complexity index is 662. The van der Waals surface area contributed by atoms with Gasteiger partial charge in [-0.2, -0.15) is 16.1 Å². The van der Waals surface area contributed by atoms with Gasteiger partial charge in [-0.25, -0.2) is 8.42 Å². The summed E-state index contributed by atoms with van der Waals surface area (Å²) in [7, 11) is -3.53. The van der Waals surface area contributed by atoms with Gasteiger partial charge in [0.25, 0.3) is 0 Å². The molecule has 2 N–H and O–H groups in total. The quantitative estimate of drug-likeness (QED) is 0.838. The summed E-state index contributed by atoms with van der Waals surface area (Å²) < 4.78 is 27.5. The van der Waals surface area contributed by atoms with Gasteiger partial charge in [-0.05, 0) is 19.1 Å². The van der Waals surface area contributed by atoms with Gasteiger partial charge in [-0.15, -0.1) is 0 Å². The Morgan fingerprint density at radius 1 is 1.38 bits per heavy atom. The first-order chi connectivity index (χ1) is 9.98. The van der Waals surface area contributed by atoms with Gasteiger partial charge < -0.3 is 5.73 Å². The fraction of sp³-hybridized carbons (Fsp3) is 0.467. The zero-order valence-corrected chi connectivity index (χ0v) is 13.9. The molecule has 1 saturated heterocycles. The number of thioether (sulfide) groups is 1. The van der Waals surface area contributed by atoms with Crippen molar-refractivity contribution in [1.29, 1.82) is 0 Å². The summed E-state index contributed by atoms with van der Waals surface area (Å²) in [5.41, 5.74) is 5.90. The second-order valence-electron chi connectivity index (χ2n) is 4.93. The first-order valence-corrected chi connectivity index (χ1v) is 9.38. The summed E-state index contributed by atoms with van der Waals surface area (Å²) in [6.07, 6.45) is 0. The number of rotatable bonds is 2. The van der Waals surface area contributed by atoms with Crippen molar-refractivity contribution in [2.45, 2.75) is 30.0 Å². The zero-order valence-electron chi connectivity index (χ0n) is 12.2. The Morgan fingerprint density at radius 3 is 2.81 bits per heavy atom. The Hall–Kier alpha value is -1.00. The third-order valence-corrected chi connectivity index (χ3v) is 7.01. The average molecular weight is 324 g/mol. The molecule has 114 valence electrons. The minimum Gasteiger partial charge on any atom is -0.320 e. The van der Waals surface area contributed by atoms with E-state index >= 15 is 0 Å². The van der Waals surface area contributed by atoms with Crippen LogP contribution in [0.4, 0.5) is 0 Å². The molecule has 1 aliphatic rings. The van der Waals surface area contributed by atoms with Gasteiger partial charge in [0.2, 0.25) is 10.0 Å². The summed E-state index contributed by atoms with van der Waals surface area (Å²) in [6, 6.07) is 6.84. The van der Waals surface area contributed by atoms with Crippen LogP contribution in [-0.2, 0) is 10.0 Å². The monoisotopic (exact) mass is 324 g/mol. The predicted octanol–water partition coefficient (Wildman–Crippen LogP) is 1.51. The summed E-state index contributed by atoms with van der Waals surface area (Å²) in [4.78, 5) is 0.275. The fourth-order valence-corrected chi connectivity index (χ4v) is 5.46. The summed E-state index contributed by atoms with van der Waals surface area (Å²) in [5.74, 6) is 6.41. The normalized spacial score (nSPS) is 23.4. The number of hydrogen-bond donors (Lipinski definition) is 1. The van der Waals surface area contributed by atoms with E-state index in [0.717, 1.165) is 5.75 Å². The van der Waals surface area contributed by atoms with Crippen molar-refractivity contribution < 1.29 is 8.42 Å². The van der Waals surface area contributed by atoms with Crippen molar-refractivity contribution in [3.63, 3.8) is 0 Å². The van der Waals surface area contributed by atoms with Crippen LogP contribution in [0.3, 0.4) is 0 Å². The van der Waals surface area contributed by atoms with Crippen LogP contribution in [0.5, 0.6) is 0 Å². The molecule has 2 atom stereocenters. The topological polar surface area (TPSA) is 63.4 Å². The molecular weight excluding hydrogens is 304 g/mol. The highest BCUT2D eigenvalue weighted by Gasteiger charge is 2.35. The Morgan fingerprint density at radius 2 is 2.10 bits per heavy atom. The van der Waals surface area contributed by atoms with E-state index in [4.69, 9.17) is 5.73 Å². The van der Waals surface area contributed by atoms with Crippen molar-refractivity contribution in [1.82, 2.24) is 4.31 Å². The molecule has 0 bridgehead atoms. The molecular formula is C15H20N2O2S2. The molecule has 1 fully saturated rings. The van der Waals surface area contributed by atoms with Crippen LogP contribution in [0, 0.1) is 11.8 Å². The van der Waals surface area contributed by atoms with E-state index in [-0.39, 0.29) is 22.7 Å². The maximum atomic E-state index is 12.9. The second-order valence-corrected chi connectivity index (χ2v) is 8.28. The van der Waals surface area contributed by atoms with Crippen LogP contribution in [-0.4, -0.2) is 42.9 Å². The molecule has 2 rings (SSSR count). The number of nitrogens with zero attached hydrogens (tertiary/aromatic N) is 1. The second kappa shape index (κ2) is 6.84. The molecule has 1 aromatic rings. The van der Waals surface area contributed by atoms with Crippen LogP contribution in [0.2, 0.25) is 0 Å². The van der Waals surface area contributed by atoms with Gasteiger partial charge in [0.1, 0.15) is 0 Å². The SMILES string of the molecule is CC1SCCN(S(=O)(=O)c2ccccc2C#CCN)C1C.